The molecule has 0 fully saturated rings. The van der Waals surface area contributed by atoms with Crippen LogP contribution in [0.1, 0.15) is 36.1 Å². The van der Waals surface area contributed by atoms with Gasteiger partial charge in [-0.15, -0.1) is 0 Å². The minimum atomic E-state index is 0.200. The SMILES string of the molecule is Cc1cc(C)c(CN2C=CN([C@H](CO)C(C)C)C2)c(C)c1. The lowest BCUT2D eigenvalue weighted by molar-refractivity contribution is 0.109. The topological polar surface area (TPSA) is 26.7 Å². The molecule has 0 spiro atoms. The third-order valence-corrected chi connectivity index (χ3v) is 4.40. The summed E-state index contributed by atoms with van der Waals surface area (Å²) in [5, 5.41) is 9.56. The van der Waals surface area contributed by atoms with Crippen LogP contribution in [-0.4, -0.2) is 34.2 Å². The normalized spacial score (nSPS) is 16.1. The molecule has 1 heterocycles. The number of nitrogens with zero attached hydrogens (tertiary/aromatic N) is 2. The largest absolute Gasteiger partial charge is 0.394 e. The zero-order valence-electron chi connectivity index (χ0n) is 13.9. The maximum Gasteiger partial charge on any atom is 0.0901 e. The number of aliphatic hydroxyl groups excluding tert-OH is 1. The van der Waals surface area contributed by atoms with Gasteiger partial charge in [-0.3, -0.25) is 0 Å². The van der Waals surface area contributed by atoms with Gasteiger partial charge in [-0.1, -0.05) is 31.5 Å². The van der Waals surface area contributed by atoms with Crippen molar-refractivity contribution in [2.75, 3.05) is 13.3 Å². The van der Waals surface area contributed by atoms with Crippen molar-refractivity contribution in [3.63, 3.8) is 0 Å². The first-order valence-electron chi connectivity index (χ1n) is 7.78. The molecule has 1 aromatic rings. The molecule has 2 rings (SSSR count). The Morgan fingerprint density at radius 3 is 2.24 bits per heavy atom. The van der Waals surface area contributed by atoms with Gasteiger partial charge < -0.3 is 14.9 Å². The van der Waals surface area contributed by atoms with Crippen LogP contribution in [0.25, 0.3) is 0 Å². The van der Waals surface area contributed by atoms with Crippen LogP contribution >= 0.6 is 0 Å². The third kappa shape index (κ3) is 3.59. The second kappa shape index (κ2) is 6.52. The van der Waals surface area contributed by atoms with E-state index in [-0.39, 0.29) is 12.6 Å². The molecule has 1 aliphatic rings. The van der Waals surface area contributed by atoms with E-state index in [1.807, 2.05) is 0 Å². The molecular formula is C18H28N2O. The van der Waals surface area contributed by atoms with Gasteiger partial charge in [0.15, 0.2) is 0 Å². The Bertz CT molecular complexity index is 499. The highest BCUT2D eigenvalue weighted by Gasteiger charge is 2.23. The lowest BCUT2D eigenvalue weighted by Gasteiger charge is -2.31. The van der Waals surface area contributed by atoms with Crippen LogP contribution in [0.15, 0.2) is 24.5 Å². The minimum absolute atomic E-state index is 0.200. The van der Waals surface area contributed by atoms with E-state index in [4.69, 9.17) is 0 Å². The van der Waals surface area contributed by atoms with Gasteiger partial charge >= 0.3 is 0 Å². The fourth-order valence-corrected chi connectivity index (χ4v) is 3.16. The summed E-state index contributed by atoms with van der Waals surface area (Å²) in [4.78, 5) is 4.55. The van der Waals surface area contributed by atoms with Gasteiger partial charge in [-0.2, -0.15) is 0 Å². The van der Waals surface area contributed by atoms with Crippen molar-refractivity contribution in [1.29, 1.82) is 0 Å². The van der Waals surface area contributed by atoms with Crippen LogP contribution in [0.4, 0.5) is 0 Å². The molecule has 1 aliphatic heterocycles. The molecule has 0 aromatic heterocycles. The van der Waals surface area contributed by atoms with Gasteiger partial charge in [0.2, 0.25) is 0 Å². The van der Waals surface area contributed by atoms with Crippen LogP contribution < -0.4 is 0 Å². The molecule has 1 N–H and O–H groups in total. The fraction of sp³-hybridized carbons (Fsp3) is 0.556. The monoisotopic (exact) mass is 288 g/mol. The predicted octanol–water partition coefficient (Wildman–Crippen LogP) is 3.18. The Balaban J connectivity index is 2.06. The zero-order chi connectivity index (χ0) is 15.6. The number of aryl methyl sites for hydroxylation is 3. The smallest absolute Gasteiger partial charge is 0.0901 e. The molecule has 0 bridgehead atoms. The summed E-state index contributed by atoms with van der Waals surface area (Å²) in [6, 6.07) is 4.71. The maximum absolute atomic E-state index is 9.56. The van der Waals surface area contributed by atoms with Gasteiger partial charge in [-0.25, -0.2) is 0 Å². The number of aliphatic hydroxyl groups is 1. The first-order valence-corrected chi connectivity index (χ1v) is 7.78. The van der Waals surface area contributed by atoms with E-state index in [1.54, 1.807) is 0 Å². The summed E-state index contributed by atoms with van der Waals surface area (Å²) in [5.74, 6) is 0.447. The Morgan fingerprint density at radius 1 is 1.10 bits per heavy atom. The molecule has 21 heavy (non-hydrogen) atoms. The summed E-state index contributed by atoms with van der Waals surface area (Å²) in [5.41, 5.74) is 5.47. The Hall–Kier alpha value is -1.48. The van der Waals surface area contributed by atoms with Crippen molar-refractivity contribution in [2.45, 2.75) is 47.2 Å². The zero-order valence-corrected chi connectivity index (χ0v) is 13.9. The quantitative estimate of drug-likeness (QED) is 0.901. The van der Waals surface area contributed by atoms with Crippen molar-refractivity contribution in [2.24, 2.45) is 5.92 Å². The Kier molecular flexibility index (Phi) is 4.94. The summed E-state index contributed by atoms with van der Waals surface area (Å²) >= 11 is 0. The minimum Gasteiger partial charge on any atom is -0.394 e. The molecule has 3 heteroatoms. The van der Waals surface area contributed by atoms with E-state index in [0.29, 0.717) is 5.92 Å². The molecule has 0 aliphatic carbocycles. The van der Waals surface area contributed by atoms with Crippen LogP contribution in [-0.2, 0) is 6.54 Å². The molecule has 0 unspecified atom stereocenters. The molecule has 0 amide bonds. The first kappa shape index (κ1) is 15.9. The lowest BCUT2D eigenvalue weighted by atomic mass is 9.99. The second-order valence-electron chi connectivity index (χ2n) is 6.57. The summed E-state index contributed by atoms with van der Waals surface area (Å²) < 4.78 is 0. The Morgan fingerprint density at radius 2 is 1.71 bits per heavy atom. The van der Waals surface area contributed by atoms with Crippen molar-refractivity contribution < 1.29 is 5.11 Å². The van der Waals surface area contributed by atoms with E-state index >= 15 is 0 Å². The molecule has 116 valence electrons. The molecule has 1 aromatic carbocycles. The number of hydrogen-bond acceptors (Lipinski definition) is 3. The van der Waals surface area contributed by atoms with Gasteiger partial charge in [0.25, 0.3) is 0 Å². The van der Waals surface area contributed by atoms with E-state index in [9.17, 15) is 5.11 Å². The Labute approximate surface area is 128 Å². The molecular weight excluding hydrogens is 260 g/mol. The number of benzene rings is 1. The summed E-state index contributed by atoms with van der Waals surface area (Å²) in [6.07, 6.45) is 4.25. The van der Waals surface area contributed by atoms with Crippen molar-refractivity contribution >= 4 is 0 Å². The van der Waals surface area contributed by atoms with Crippen LogP contribution in [0.3, 0.4) is 0 Å². The molecule has 1 atom stereocenters. The molecule has 0 radical (unpaired) electrons. The predicted molar refractivity (Wildman–Crippen MR) is 87.8 cm³/mol. The highest BCUT2D eigenvalue weighted by atomic mass is 16.3. The number of hydrogen-bond donors (Lipinski definition) is 1. The first-order chi connectivity index (χ1) is 9.92. The van der Waals surface area contributed by atoms with Gasteiger partial charge in [0.05, 0.1) is 19.3 Å². The molecule has 0 saturated carbocycles. The molecule has 0 saturated heterocycles. The number of rotatable bonds is 5. The van der Waals surface area contributed by atoms with Crippen LogP contribution in [0.5, 0.6) is 0 Å². The highest BCUT2D eigenvalue weighted by molar-refractivity contribution is 5.37. The average molecular weight is 288 g/mol. The average Bonchev–Trinajstić information content (AvgIpc) is 2.82. The van der Waals surface area contributed by atoms with E-state index < -0.39 is 0 Å². The van der Waals surface area contributed by atoms with Crippen LogP contribution in [0, 0.1) is 26.7 Å². The van der Waals surface area contributed by atoms with Crippen molar-refractivity contribution in [3.05, 3.63) is 46.8 Å². The van der Waals surface area contributed by atoms with Crippen LogP contribution in [0.2, 0.25) is 0 Å². The lowest BCUT2D eigenvalue weighted by Crippen LogP contribution is -2.39. The fourth-order valence-electron chi connectivity index (χ4n) is 3.16. The maximum atomic E-state index is 9.56. The summed E-state index contributed by atoms with van der Waals surface area (Å²) in [6.45, 7) is 12.8. The van der Waals surface area contributed by atoms with Gasteiger partial charge in [-0.05, 0) is 43.4 Å². The van der Waals surface area contributed by atoms with Gasteiger partial charge in [0.1, 0.15) is 0 Å². The third-order valence-electron chi connectivity index (χ3n) is 4.40. The van der Waals surface area contributed by atoms with E-state index in [1.165, 1.54) is 22.3 Å². The van der Waals surface area contributed by atoms with E-state index in [0.717, 1.165) is 13.2 Å². The standard InChI is InChI=1S/C18H28N2O/c1-13(2)18(11-21)20-7-6-19(12-20)10-17-15(4)8-14(3)9-16(17)5/h6-9,13,18,21H,10-12H2,1-5H3/t18-/m1/s1. The van der Waals surface area contributed by atoms with Crippen molar-refractivity contribution in [1.82, 2.24) is 9.80 Å². The summed E-state index contributed by atoms with van der Waals surface area (Å²) in [7, 11) is 0. The highest BCUT2D eigenvalue weighted by Crippen LogP contribution is 2.22. The molecule has 3 nitrogen and oxygen atoms in total. The van der Waals surface area contributed by atoms with Gasteiger partial charge in [0, 0.05) is 18.9 Å². The second-order valence-corrected chi connectivity index (χ2v) is 6.57. The van der Waals surface area contributed by atoms with E-state index in [2.05, 4.69) is 69.0 Å². The van der Waals surface area contributed by atoms with Crippen molar-refractivity contribution in [3.8, 4) is 0 Å².